The van der Waals surface area contributed by atoms with Crippen LogP contribution in [-0.2, 0) is 4.79 Å². The Kier molecular flexibility index (Phi) is 4.16. The molecule has 0 spiro atoms. The molecular weight excluding hydrogens is 334 g/mol. The molecule has 1 aliphatic rings. The summed E-state index contributed by atoms with van der Waals surface area (Å²) in [4.78, 5) is 23.0. The summed E-state index contributed by atoms with van der Waals surface area (Å²) in [5.41, 5.74) is -0.173. The van der Waals surface area contributed by atoms with Gasteiger partial charge >= 0.3 is 5.97 Å². The van der Waals surface area contributed by atoms with Crippen LogP contribution in [0.5, 0.6) is 0 Å². The van der Waals surface area contributed by atoms with Crippen molar-refractivity contribution in [3.63, 3.8) is 0 Å². The van der Waals surface area contributed by atoms with Gasteiger partial charge < -0.3 is 10.4 Å². The molecule has 0 bridgehead atoms. The van der Waals surface area contributed by atoms with Crippen LogP contribution in [0.15, 0.2) is 22.7 Å². The van der Waals surface area contributed by atoms with Gasteiger partial charge in [-0.1, -0.05) is 27.5 Å². The number of benzene rings is 1. The molecule has 0 aromatic heterocycles. The van der Waals surface area contributed by atoms with E-state index < -0.39 is 11.5 Å². The van der Waals surface area contributed by atoms with Gasteiger partial charge in [-0.05, 0) is 37.5 Å². The van der Waals surface area contributed by atoms with E-state index >= 15 is 0 Å². The summed E-state index contributed by atoms with van der Waals surface area (Å²) in [6.07, 6.45) is 2.30. The van der Waals surface area contributed by atoms with Gasteiger partial charge in [-0.2, -0.15) is 0 Å². The van der Waals surface area contributed by atoms with Gasteiger partial charge in [0.05, 0.1) is 12.0 Å². The number of amides is 1. The number of carbonyl (C=O) groups is 2. The molecular formula is C13H13BrClNO3. The van der Waals surface area contributed by atoms with Crippen LogP contribution in [0.3, 0.4) is 0 Å². The molecule has 0 aliphatic heterocycles. The molecule has 2 rings (SSSR count). The molecule has 1 aromatic carbocycles. The van der Waals surface area contributed by atoms with Gasteiger partial charge in [0.15, 0.2) is 0 Å². The smallest absolute Gasteiger partial charge is 0.305 e. The highest BCUT2D eigenvalue weighted by atomic mass is 79.9. The minimum Gasteiger partial charge on any atom is -0.481 e. The Morgan fingerprint density at radius 1 is 1.37 bits per heavy atom. The first-order valence-electron chi connectivity index (χ1n) is 5.91. The number of nitrogens with one attached hydrogen (secondary N) is 1. The lowest BCUT2D eigenvalue weighted by molar-refractivity contribution is -0.139. The van der Waals surface area contributed by atoms with Crippen molar-refractivity contribution >= 4 is 39.4 Å². The van der Waals surface area contributed by atoms with E-state index in [0.29, 0.717) is 27.9 Å². The van der Waals surface area contributed by atoms with Gasteiger partial charge in [-0.15, -0.1) is 0 Å². The van der Waals surface area contributed by atoms with Crippen LogP contribution in [0.4, 0.5) is 0 Å². The SMILES string of the molecule is O=C(O)CC1(NC(=O)c2cc(Cl)cc(Br)c2)CCC1. The van der Waals surface area contributed by atoms with E-state index in [2.05, 4.69) is 21.2 Å². The van der Waals surface area contributed by atoms with Gasteiger partial charge in [0.2, 0.25) is 0 Å². The summed E-state index contributed by atoms with van der Waals surface area (Å²) >= 11 is 9.17. The van der Waals surface area contributed by atoms with Crippen LogP contribution in [0, 0.1) is 0 Å². The zero-order chi connectivity index (χ0) is 14.0. The highest BCUT2D eigenvalue weighted by Crippen LogP contribution is 2.35. The molecule has 102 valence electrons. The summed E-state index contributed by atoms with van der Waals surface area (Å²) in [6, 6.07) is 4.91. The molecule has 4 nitrogen and oxygen atoms in total. The number of carboxylic acid groups (broad SMARTS) is 1. The zero-order valence-electron chi connectivity index (χ0n) is 10.1. The standard InChI is InChI=1S/C13H13BrClNO3/c14-9-4-8(5-10(15)6-9)12(19)16-13(2-1-3-13)7-11(17)18/h4-6H,1-3,7H2,(H,16,19)(H,17,18). The van der Waals surface area contributed by atoms with E-state index in [4.69, 9.17) is 16.7 Å². The second-order valence-electron chi connectivity index (χ2n) is 4.82. The molecule has 6 heteroatoms. The number of hydrogen-bond donors (Lipinski definition) is 2. The van der Waals surface area contributed by atoms with Crippen LogP contribution < -0.4 is 5.32 Å². The lowest BCUT2D eigenvalue weighted by Crippen LogP contribution is -2.54. The maximum Gasteiger partial charge on any atom is 0.305 e. The van der Waals surface area contributed by atoms with Crippen molar-refractivity contribution < 1.29 is 14.7 Å². The van der Waals surface area contributed by atoms with Gasteiger partial charge in [0, 0.05) is 15.1 Å². The van der Waals surface area contributed by atoms with Crippen molar-refractivity contribution in [3.05, 3.63) is 33.3 Å². The fourth-order valence-corrected chi connectivity index (χ4v) is 3.10. The number of halogens is 2. The van der Waals surface area contributed by atoms with Crippen LogP contribution in [0.1, 0.15) is 36.0 Å². The van der Waals surface area contributed by atoms with Crippen molar-refractivity contribution in [1.82, 2.24) is 5.32 Å². The van der Waals surface area contributed by atoms with Crippen molar-refractivity contribution in [2.75, 3.05) is 0 Å². The number of carboxylic acids is 1. The highest BCUT2D eigenvalue weighted by Gasteiger charge is 2.40. The molecule has 1 fully saturated rings. The Bertz CT molecular complexity index is 508. The second-order valence-corrected chi connectivity index (χ2v) is 6.17. The van der Waals surface area contributed by atoms with Gasteiger partial charge in [0.1, 0.15) is 0 Å². The summed E-state index contributed by atoms with van der Waals surface area (Å²) < 4.78 is 0.714. The predicted octanol–water partition coefficient (Wildman–Crippen LogP) is 3.23. The lowest BCUT2D eigenvalue weighted by Gasteiger charge is -2.41. The van der Waals surface area contributed by atoms with Crippen molar-refractivity contribution in [3.8, 4) is 0 Å². The number of aliphatic carboxylic acids is 1. The summed E-state index contributed by atoms with van der Waals surface area (Å²) in [5.74, 6) is -1.18. The summed E-state index contributed by atoms with van der Waals surface area (Å²) in [7, 11) is 0. The number of hydrogen-bond acceptors (Lipinski definition) is 2. The first kappa shape index (κ1) is 14.3. The Balaban J connectivity index is 2.13. The zero-order valence-corrected chi connectivity index (χ0v) is 12.4. The van der Waals surface area contributed by atoms with E-state index in [-0.39, 0.29) is 12.3 Å². The molecule has 1 saturated carbocycles. The first-order valence-corrected chi connectivity index (χ1v) is 7.08. The minimum atomic E-state index is -0.896. The quantitative estimate of drug-likeness (QED) is 0.879. The molecule has 0 saturated heterocycles. The fourth-order valence-electron chi connectivity index (χ4n) is 2.24. The highest BCUT2D eigenvalue weighted by molar-refractivity contribution is 9.10. The van der Waals surface area contributed by atoms with Crippen LogP contribution >= 0.6 is 27.5 Å². The number of carbonyl (C=O) groups excluding carboxylic acids is 1. The Hall–Kier alpha value is -1.07. The van der Waals surface area contributed by atoms with Crippen LogP contribution in [0.2, 0.25) is 5.02 Å². The molecule has 2 N–H and O–H groups in total. The van der Waals surface area contributed by atoms with Crippen LogP contribution in [0.25, 0.3) is 0 Å². The monoisotopic (exact) mass is 345 g/mol. The first-order chi connectivity index (χ1) is 8.90. The Morgan fingerprint density at radius 3 is 2.53 bits per heavy atom. The van der Waals surface area contributed by atoms with Crippen LogP contribution in [-0.4, -0.2) is 22.5 Å². The molecule has 0 radical (unpaired) electrons. The van der Waals surface area contributed by atoms with Crippen molar-refractivity contribution in [2.24, 2.45) is 0 Å². The second kappa shape index (κ2) is 5.51. The van der Waals surface area contributed by atoms with E-state index in [1.54, 1.807) is 18.2 Å². The van der Waals surface area contributed by atoms with E-state index in [1.165, 1.54) is 0 Å². The average Bonchev–Trinajstić information content (AvgIpc) is 2.23. The van der Waals surface area contributed by atoms with Crippen molar-refractivity contribution in [1.29, 1.82) is 0 Å². The van der Waals surface area contributed by atoms with Gasteiger partial charge in [-0.25, -0.2) is 0 Å². The average molecular weight is 347 g/mol. The largest absolute Gasteiger partial charge is 0.481 e. The molecule has 0 atom stereocenters. The van der Waals surface area contributed by atoms with E-state index in [9.17, 15) is 9.59 Å². The molecule has 19 heavy (non-hydrogen) atoms. The third-order valence-electron chi connectivity index (χ3n) is 3.30. The summed E-state index contributed by atoms with van der Waals surface area (Å²) in [5, 5.41) is 12.2. The molecule has 1 aromatic rings. The van der Waals surface area contributed by atoms with E-state index in [0.717, 1.165) is 6.42 Å². The van der Waals surface area contributed by atoms with Gasteiger partial charge in [0.25, 0.3) is 5.91 Å². The molecule has 1 amide bonds. The normalized spacial score (nSPS) is 16.5. The molecule has 0 heterocycles. The molecule has 1 aliphatic carbocycles. The maximum atomic E-state index is 12.2. The third-order valence-corrected chi connectivity index (χ3v) is 3.98. The Labute approximate surface area is 124 Å². The summed E-state index contributed by atoms with van der Waals surface area (Å²) in [6.45, 7) is 0. The van der Waals surface area contributed by atoms with Gasteiger partial charge in [-0.3, -0.25) is 9.59 Å². The van der Waals surface area contributed by atoms with E-state index in [1.807, 2.05) is 0 Å². The van der Waals surface area contributed by atoms with Crippen molar-refractivity contribution in [2.45, 2.75) is 31.2 Å². The topological polar surface area (TPSA) is 66.4 Å². The number of rotatable bonds is 4. The third kappa shape index (κ3) is 3.48. The minimum absolute atomic E-state index is 0.0412. The Morgan fingerprint density at radius 2 is 2.05 bits per heavy atom. The maximum absolute atomic E-state index is 12.2. The predicted molar refractivity (Wildman–Crippen MR) is 75.5 cm³/mol. The molecule has 0 unspecified atom stereocenters. The fraction of sp³-hybridized carbons (Fsp3) is 0.385. The lowest BCUT2D eigenvalue weighted by atomic mass is 9.74.